The van der Waals surface area contributed by atoms with Crippen LogP contribution in [0.4, 0.5) is 0 Å². The van der Waals surface area contributed by atoms with Crippen molar-refractivity contribution in [1.82, 2.24) is 4.90 Å². The Bertz CT molecular complexity index is 406. The third-order valence-electron chi connectivity index (χ3n) is 3.57. The first kappa shape index (κ1) is 9.82. The van der Waals surface area contributed by atoms with Crippen molar-refractivity contribution in [2.24, 2.45) is 4.99 Å². The largest absolute Gasteiger partial charge is 0.293 e. The van der Waals surface area contributed by atoms with Crippen LogP contribution in [0.1, 0.15) is 38.5 Å². The predicted octanol–water partition coefficient (Wildman–Crippen LogP) is 2.40. The highest BCUT2D eigenvalue weighted by Crippen LogP contribution is 2.34. The number of aliphatic imine (C=N–C) groups is 1. The van der Waals surface area contributed by atoms with Gasteiger partial charge in [0.25, 0.3) is 0 Å². The molecule has 84 valence electrons. The lowest BCUT2D eigenvalue weighted by Gasteiger charge is -2.30. The number of nitrogens with zero attached hydrogens (tertiary/aromatic N) is 2. The zero-order chi connectivity index (χ0) is 11.0. The van der Waals surface area contributed by atoms with Gasteiger partial charge in [-0.2, -0.15) is 0 Å². The third-order valence-corrected chi connectivity index (χ3v) is 3.57. The molecule has 2 aliphatic heterocycles. The number of carbonyl (C=O) groups is 1. The molecule has 0 unspecified atom stereocenters. The fourth-order valence-corrected chi connectivity index (χ4v) is 2.77. The highest BCUT2D eigenvalue weighted by molar-refractivity contribution is 5.86. The van der Waals surface area contributed by atoms with Crippen LogP contribution in [-0.4, -0.2) is 23.1 Å². The Morgan fingerprint density at radius 2 is 2.25 bits per heavy atom. The van der Waals surface area contributed by atoms with Crippen LogP contribution in [0.2, 0.25) is 0 Å². The standard InChI is InChI=1S/C13H16N2O/c16-12-9-10-5-4-8-14-13(10)15(12)11-6-2-1-3-7-11/h1-2,8,11H,3-7,9H2/t11-/m1/s1. The van der Waals surface area contributed by atoms with Crippen molar-refractivity contribution >= 4 is 12.1 Å². The lowest BCUT2D eigenvalue weighted by molar-refractivity contribution is -0.129. The van der Waals surface area contributed by atoms with Crippen molar-refractivity contribution < 1.29 is 4.79 Å². The minimum atomic E-state index is 0.254. The Morgan fingerprint density at radius 1 is 1.31 bits per heavy atom. The van der Waals surface area contributed by atoms with Crippen LogP contribution in [0.15, 0.2) is 28.5 Å². The Hall–Kier alpha value is -1.38. The third kappa shape index (κ3) is 1.51. The minimum Gasteiger partial charge on any atom is -0.293 e. The van der Waals surface area contributed by atoms with Crippen molar-refractivity contribution in [3.05, 3.63) is 23.5 Å². The summed E-state index contributed by atoms with van der Waals surface area (Å²) in [7, 11) is 0. The molecule has 3 heteroatoms. The fourth-order valence-electron chi connectivity index (χ4n) is 2.77. The maximum atomic E-state index is 12.0. The summed E-state index contributed by atoms with van der Waals surface area (Å²) in [6.45, 7) is 0. The van der Waals surface area contributed by atoms with Gasteiger partial charge in [0.15, 0.2) is 0 Å². The van der Waals surface area contributed by atoms with E-state index in [1.54, 1.807) is 0 Å². The monoisotopic (exact) mass is 216 g/mol. The lowest BCUT2D eigenvalue weighted by atomic mass is 10.0. The average molecular weight is 216 g/mol. The van der Waals surface area contributed by atoms with Gasteiger partial charge in [-0.15, -0.1) is 0 Å². The summed E-state index contributed by atoms with van der Waals surface area (Å²) in [4.78, 5) is 18.4. The molecule has 1 amide bonds. The van der Waals surface area contributed by atoms with Crippen molar-refractivity contribution in [3.63, 3.8) is 0 Å². The second kappa shape index (κ2) is 3.89. The van der Waals surface area contributed by atoms with Crippen LogP contribution < -0.4 is 0 Å². The molecule has 0 saturated heterocycles. The van der Waals surface area contributed by atoms with Gasteiger partial charge in [0.1, 0.15) is 5.82 Å². The van der Waals surface area contributed by atoms with Crippen LogP contribution in [0, 0.1) is 0 Å². The maximum Gasteiger partial charge on any atom is 0.232 e. The quantitative estimate of drug-likeness (QED) is 0.619. The lowest BCUT2D eigenvalue weighted by Crippen LogP contribution is -2.36. The molecular formula is C13H16N2O. The van der Waals surface area contributed by atoms with Gasteiger partial charge in [-0.05, 0) is 37.7 Å². The van der Waals surface area contributed by atoms with Crippen LogP contribution in [-0.2, 0) is 4.79 Å². The summed E-state index contributed by atoms with van der Waals surface area (Å²) >= 11 is 0. The first-order chi connectivity index (χ1) is 7.86. The number of allylic oxidation sites excluding steroid dienone is 1. The van der Waals surface area contributed by atoms with E-state index >= 15 is 0 Å². The number of hydrogen-bond acceptors (Lipinski definition) is 2. The van der Waals surface area contributed by atoms with E-state index in [-0.39, 0.29) is 5.91 Å². The van der Waals surface area contributed by atoms with E-state index in [0.29, 0.717) is 12.5 Å². The van der Waals surface area contributed by atoms with Gasteiger partial charge in [0, 0.05) is 12.3 Å². The second-order valence-electron chi connectivity index (χ2n) is 4.66. The van der Waals surface area contributed by atoms with Crippen LogP contribution >= 0.6 is 0 Å². The molecule has 0 aromatic heterocycles. The van der Waals surface area contributed by atoms with Crippen molar-refractivity contribution in [1.29, 1.82) is 0 Å². The highest BCUT2D eigenvalue weighted by Gasteiger charge is 2.35. The van der Waals surface area contributed by atoms with Gasteiger partial charge in [0.2, 0.25) is 5.91 Å². The topological polar surface area (TPSA) is 32.7 Å². The highest BCUT2D eigenvalue weighted by atomic mass is 16.2. The van der Waals surface area contributed by atoms with E-state index in [9.17, 15) is 4.79 Å². The molecule has 0 bridgehead atoms. The summed E-state index contributed by atoms with van der Waals surface area (Å²) in [5, 5.41) is 0. The molecule has 0 radical (unpaired) electrons. The molecule has 0 N–H and O–H groups in total. The Kier molecular flexibility index (Phi) is 2.39. The second-order valence-corrected chi connectivity index (χ2v) is 4.66. The molecule has 0 fully saturated rings. The Labute approximate surface area is 95.5 Å². The zero-order valence-electron chi connectivity index (χ0n) is 9.35. The minimum absolute atomic E-state index is 0.254. The maximum absolute atomic E-state index is 12.0. The smallest absolute Gasteiger partial charge is 0.232 e. The molecule has 0 saturated carbocycles. The van der Waals surface area contributed by atoms with Gasteiger partial charge in [0.05, 0.1) is 6.42 Å². The first-order valence-electron chi connectivity index (χ1n) is 6.08. The summed E-state index contributed by atoms with van der Waals surface area (Å²) in [5.41, 5.74) is 1.25. The number of hydrogen-bond donors (Lipinski definition) is 0. The Morgan fingerprint density at radius 3 is 3.06 bits per heavy atom. The summed E-state index contributed by atoms with van der Waals surface area (Å²) in [5.74, 6) is 1.22. The van der Waals surface area contributed by atoms with Crippen LogP contribution in [0.3, 0.4) is 0 Å². The van der Waals surface area contributed by atoms with Gasteiger partial charge in [-0.1, -0.05) is 12.2 Å². The summed E-state index contributed by atoms with van der Waals surface area (Å²) < 4.78 is 0. The molecule has 16 heavy (non-hydrogen) atoms. The van der Waals surface area contributed by atoms with Gasteiger partial charge < -0.3 is 0 Å². The molecular weight excluding hydrogens is 200 g/mol. The number of amides is 1. The first-order valence-corrected chi connectivity index (χ1v) is 6.08. The van der Waals surface area contributed by atoms with Crippen LogP contribution in [0.5, 0.6) is 0 Å². The predicted molar refractivity (Wildman–Crippen MR) is 63.0 cm³/mol. The van der Waals surface area contributed by atoms with Crippen LogP contribution in [0.25, 0.3) is 0 Å². The van der Waals surface area contributed by atoms with Crippen molar-refractivity contribution in [2.45, 2.75) is 44.6 Å². The number of rotatable bonds is 1. The molecule has 1 aliphatic carbocycles. The molecule has 0 aromatic rings. The summed E-state index contributed by atoms with van der Waals surface area (Å²) in [6, 6.07) is 0.347. The SMILES string of the molecule is O=C1CC2=C(N=CCC2)N1[C@@H]1CC=CCC1. The van der Waals surface area contributed by atoms with Crippen molar-refractivity contribution in [3.8, 4) is 0 Å². The van der Waals surface area contributed by atoms with Gasteiger partial charge >= 0.3 is 0 Å². The van der Waals surface area contributed by atoms with E-state index < -0.39 is 0 Å². The average Bonchev–Trinajstić information content (AvgIpc) is 2.66. The fraction of sp³-hybridized carbons (Fsp3) is 0.538. The van der Waals surface area contributed by atoms with Gasteiger partial charge in [-0.25, -0.2) is 4.99 Å². The van der Waals surface area contributed by atoms with E-state index in [1.165, 1.54) is 5.57 Å². The van der Waals surface area contributed by atoms with Gasteiger partial charge in [-0.3, -0.25) is 9.69 Å². The normalized spacial score (nSPS) is 28.9. The molecule has 0 aromatic carbocycles. The molecule has 0 spiro atoms. The van der Waals surface area contributed by atoms with Crippen molar-refractivity contribution in [2.75, 3.05) is 0 Å². The zero-order valence-corrected chi connectivity index (χ0v) is 9.35. The molecule has 3 nitrogen and oxygen atoms in total. The molecule has 3 aliphatic rings. The molecule has 1 atom stereocenters. The van der Waals surface area contributed by atoms with E-state index in [0.717, 1.165) is 37.9 Å². The number of carbonyl (C=O) groups excluding carboxylic acids is 1. The van der Waals surface area contributed by atoms with E-state index in [1.807, 2.05) is 11.1 Å². The van der Waals surface area contributed by atoms with E-state index in [4.69, 9.17) is 0 Å². The Balaban J connectivity index is 1.88. The molecule has 3 rings (SSSR count). The summed E-state index contributed by atoms with van der Waals surface area (Å²) in [6.07, 6.45) is 12.1. The molecule has 2 heterocycles. The van der Waals surface area contributed by atoms with E-state index in [2.05, 4.69) is 17.1 Å².